The SMILES string of the molecule is CCOC1OC(=O)C[C@@H]1NC(=O)C(C)n1cc(Cl)cc(NC(=O)c2ccc(N)c(Cl)c2)c1=O. The maximum absolute atomic E-state index is 13.0. The minimum absolute atomic E-state index is 0.0565. The van der Waals surface area contributed by atoms with Crippen molar-refractivity contribution in [2.75, 3.05) is 17.7 Å². The Kier molecular flexibility index (Phi) is 7.62. The van der Waals surface area contributed by atoms with Crippen LogP contribution in [0, 0.1) is 0 Å². The third-order valence-electron chi connectivity index (χ3n) is 4.94. The van der Waals surface area contributed by atoms with Crippen LogP contribution >= 0.6 is 23.2 Å². The van der Waals surface area contributed by atoms with Gasteiger partial charge in [0.2, 0.25) is 12.2 Å². The molecule has 0 saturated carbocycles. The van der Waals surface area contributed by atoms with Crippen molar-refractivity contribution < 1.29 is 23.9 Å². The van der Waals surface area contributed by atoms with Gasteiger partial charge in [-0.2, -0.15) is 0 Å². The Morgan fingerprint density at radius 3 is 2.70 bits per heavy atom. The molecule has 3 rings (SSSR count). The molecule has 0 radical (unpaired) electrons. The van der Waals surface area contributed by atoms with E-state index in [1.54, 1.807) is 6.92 Å². The van der Waals surface area contributed by atoms with Gasteiger partial charge in [-0.25, -0.2) is 0 Å². The van der Waals surface area contributed by atoms with E-state index in [0.717, 1.165) is 4.57 Å². The summed E-state index contributed by atoms with van der Waals surface area (Å²) in [5, 5.41) is 5.45. The number of halogens is 2. The van der Waals surface area contributed by atoms with Gasteiger partial charge < -0.3 is 30.4 Å². The van der Waals surface area contributed by atoms with Gasteiger partial charge in [-0.15, -0.1) is 0 Å². The summed E-state index contributed by atoms with van der Waals surface area (Å²) >= 11 is 12.1. The third-order valence-corrected chi connectivity index (χ3v) is 5.47. The van der Waals surface area contributed by atoms with Crippen LogP contribution in [0.4, 0.5) is 11.4 Å². The Labute approximate surface area is 198 Å². The van der Waals surface area contributed by atoms with Crippen molar-refractivity contribution in [3.8, 4) is 0 Å². The lowest BCUT2D eigenvalue weighted by Gasteiger charge is -2.22. The molecule has 12 heteroatoms. The van der Waals surface area contributed by atoms with Crippen LogP contribution in [0.1, 0.15) is 36.7 Å². The Hall–Kier alpha value is -3.08. The number of esters is 1. The number of nitrogens with two attached hydrogens (primary N) is 1. The fourth-order valence-corrected chi connectivity index (χ4v) is 3.60. The summed E-state index contributed by atoms with van der Waals surface area (Å²) in [6.07, 6.45) is 0.315. The minimum Gasteiger partial charge on any atom is -0.433 e. The number of carbonyl (C=O) groups excluding carboxylic acids is 3. The van der Waals surface area contributed by atoms with Crippen LogP contribution < -0.4 is 21.9 Å². The van der Waals surface area contributed by atoms with Crippen molar-refractivity contribution in [2.45, 2.75) is 38.6 Å². The molecular weight excluding hydrogens is 475 g/mol. The van der Waals surface area contributed by atoms with Crippen molar-refractivity contribution in [1.29, 1.82) is 0 Å². The van der Waals surface area contributed by atoms with Crippen molar-refractivity contribution in [2.24, 2.45) is 0 Å². The highest BCUT2D eigenvalue weighted by Crippen LogP contribution is 2.21. The summed E-state index contributed by atoms with van der Waals surface area (Å²) in [4.78, 5) is 49.9. The summed E-state index contributed by atoms with van der Waals surface area (Å²) in [7, 11) is 0. The quantitative estimate of drug-likeness (QED) is 0.394. The number of anilines is 2. The monoisotopic (exact) mass is 496 g/mol. The van der Waals surface area contributed by atoms with Gasteiger partial charge in [-0.1, -0.05) is 23.2 Å². The third kappa shape index (κ3) is 5.65. The summed E-state index contributed by atoms with van der Waals surface area (Å²) < 4.78 is 11.4. The van der Waals surface area contributed by atoms with Gasteiger partial charge in [0, 0.05) is 18.4 Å². The number of aromatic nitrogens is 1. The van der Waals surface area contributed by atoms with E-state index in [1.165, 1.54) is 37.4 Å². The largest absolute Gasteiger partial charge is 0.433 e. The number of carbonyl (C=O) groups is 3. The average molecular weight is 497 g/mol. The topological polar surface area (TPSA) is 142 Å². The number of rotatable bonds is 7. The number of pyridine rings is 1. The van der Waals surface area contributed by atoms with Gasteiger partial charge in [0.25, 0.3) is 11.5 Å². The molecule has 1 fully saturated rings. The number of nitrogen functional groups attached to an aromatic ring is 1. The van der Waals surface area contributed by atoms with Gasteiger partial charge in [-0.3, -0.25) is 19.2 Å². The lowest BCUT2D eigenvalue weighted by atomic mass is 10.2. The van der Waals surface area contributed by atoms with Crippen molar-refractivity contribution in [3.63, 3.8) is 0 Å². The molecule has 1 aromatic heterocycles. The highest BCUT2D eigenvalue weighted by atomic mass is 35.5. The molecule has 0 aliphatic carbocycles. The molecule has 1 aromatic carbocycles. The summed E-state index contributed by atoms with van der Waals surface area (Å²) in [6, 6.07) is 3.84. The van der Waals surface area contributed by atoms with Crippen molar-refractivity contribution >= 4 is 52.4 Å². The average Bonchev–Trinajstić information content (AvgIpc) is 3.10. The van der Waals surface area contributed by atoms with Crippen LogP contribution in [0.15, 0.2) is 35.3 Å². The fourth-order valence-electron chi connectivity index (χ4n) is 3.21. The lowest BCUT2D eigenvalue weighted by molar-refractivity contribution is -0.164. The number of amides is 2. The van der Waals surface area contributed by atoms with Gasteiger partial charge in [0.15, 0.2) is 0 Å². The second kappa shape index (κ2) is 10.2. The highest BCUT2D eigenvalue weighted by molar-refractivity contribution is 6.33. The van der Waals surface area contributed by atoms with Gasteiger partial charge >= 0.3 is 5.97 Å². The molecule has 1 saturated heterocycles. The fraction of sp³-hybridized carbons (Fsp3) is 0.333. The first-order valence-electron chi connectivity index (χ1n) is 10.00. The molecular formula is C21H22Cl2N4O6. The summed E-state index contributed by atoms with van der Waals surface area (Å²) in [5.74, 6) is -1.67. The van der Waals surface area contributed by atoms with Crippen molar-refractivity contribution in [3.05, 3.63) is 56.4 Å². The summed E-state index contributed by atoms with van der Waals surface area (Å²) in [6.45, 7) is 3.50. The number of ether oxygens (including phenoxy) is 2. The zero-order chi connectivity index (χ0) is 24.3. The number of hydrogen-bond acceptors (Lipinski definition) is 7. The minimum atomic E-state index is -1.02. The number of nitrogens with zero attached hydrogens (tertiary/aromatic N) is 1. The van der Waals surface area contributed by atoms with Crippen LogP contribution in [-0.4, -0.2) is 41.3 Å². The molecule has 1 aliphatic rings. The Bertz CT molecular complexity index is 1150. The van der Waals surface area contributed by atoms with E-state index in [4.69, 9.17) is 38.4 Å². The molecule has 176 valence electrons. The van der Waals surface area contributed by atoms with Crippen LogP contribution in [0.2, 0.25) is 10.0 Å². The second-order valence-electron chi connectivity index (χ2n) is 7.28. The smallest absolute Gasteiger partial charge is 0.310 e. The van der Waals surface area contributed by atoms with E-state index in [-0.39, 0.29) is 34.3 Å². The second-order valence-corrected chi connectivity index (χ2v) is 8.13. The number of benzene rings is 1. The molecule has 0 spiro atoms. The lowest BCUT2D eigenvalue weighted by Crippen LogP contribution is -2.45. The van der Waals surface area contributed by atoms with E-state index in [0.29, 0.717) is 5.69 Å². The van der Waals surface area contributed by atoms with E-state index in [9.17, 15) is 19.2 Å². The molecule has 0 bridgehead atoms. The molecule has 10 nitrogen and oxygen atoms in total. The van der Waals surface area contributed by atoms with E-state index >= 15 is 0 Å². The van der Waals surface area contributed by atoms with Crippen LogP contribution in [0.5, 0.6) is 0 Å². The number of cyclic esters (lactones) is 1. The summed E-state index contributed by atoms with van der Waals surface area (Å²) in [5.41, 5.74) is 5.35. The van der Waals surface area contributed by atoms with E-state index in [1.807, 2.05) is 0 Å². The van der Waals surface area contributed by atoms with Crippen LogP contribution in [0.3, 0.4) is 0 Å². The first-order chi connectivity index (χ1) is 15.6. The molecule has 2 amide bonds. The first-order valence-corrected chi connectivity index (χ1v) is 10.8. The van der Waals surface area contributed by atoms with Gasteiger partial charge in [-0.05, 0) is 38.1 Å². The predicted molar refractivity (Wildman–Crippen MR) is 122 cm³/mol. The molecule has 4 N–H and O–H groups in total. The predicted octanol–water partition coefficient (Wildman–Crippen LogP) is 2.34. The molecule has 1 aliphatic heterocycles. The Morgan fingerprint density at radius 2 is 2.03 bits per heavy atom. The Morgan fingerprint density at radius 1 is 1.30 bits per heavy atom. The molecule has 2 aromatic rings. The van der Waals surface area contributed by atoms with E-state index < -0.39 is 41.7 Å². The molecule has 2 heterocycles. The molecule has 3 atom stereocenters. The number of nitrogens with one attached hydrogen (secondary N) is 2. The zero-order valence-corrected chi connectivity index (χ0v) is 19.3. The standard InChI is InChI=1S/C21H22Cl2N4O6/c1-3-32-21-16(8-17(28)33-21)26-18(29)10(2)27-9-12(22)7-15(20(27)31)25-19(30)11-4-5-14(24)13(23)6-11/h4-7,9-10,16,21H,3,8,24H2,1-2H3,(H,25,30)(H,26,29)/t10?,16-,21?/m0/s1. The maximum Gasteiger partial charge on any atom is 0.310 e. The zero-order valence-electron chi connectivity index (χ0n) is 17.8. The van der Waals surface area contributed by atoms with E-state index in [2.05, 4.69) is 10.6 Å². The van der Waals surface area contributed by atoms with Crippen LogP contribution in [-0.2, 0) is 19.1 Å². The maximum atomic E-state index is 13.0. The van der Waals surface area contributed by atoms with Crippen molar-refractivity contribution in [1.82, 2.24) is 9.88 Å². The highest BCUT2D eigenvalue weighted by Gasteiger charge is 2.37. The van der Waals surface area contributed by atoms with Gasteiger partial charge in [0.1, 0.15) is 17.8 Å². The molecule has 2 unspecified atom stereocenters. The van der Waals surface area contributed by atoms with Gasteiger partial charge in [0.05, 0.1) is 22.2 Å². The first kappa shape index (κ1) is 24.6. The Balaban J connectivity index is 1.80. The number of hydrogen-bond donors (Lipinski definition) is 3. The normalized spacial score (nSPS) is 18.5. The van der Waals surface area contributed by atoms with Crippen LogP contribution in [0.25, 0.3) is 0 Å². The molecule has 33 heavy (non-hydrogen) atoms.